The van der Waals surface area contributed by atoms with Gasteiger partial charge in [-0.1, -0.05) is 39.5 Å². The van der Waals surface area contributed by atoms with E-state index in [4.69, 9.17) is 0 Å². The molecule has 2 amide bonds. The molecule has 0 atom stereocenters. The molecule has 92 valence electrons. The molecule has 0 N–H and O–H groups in total. The molecule has 0 aromatic rings. The number of hydrogen-bond acceptors (Lipinski definition) is 2. The average molecular weight is 225 g/mol. The van der Waals surface area contributed by atoms with E-state index < -0.39 is 0 Å². The number of likely N-dealkylation sites (tertiary alicyclic amines) is 1. The molecule has 1 fully saturated rings. The lowest BCUT2D eigenvalue weighted by Gasteiger charge is -2.35. The van der Waals surface area contributed by atoms with Crippen molar-refractivity contribution in [2.45, 2.75) is 58.8 Å². The Morgan fingerprint density at radius 1 is 1.12 bits per heavy atom. The van der Waals surface area contributed by atoms with Crippen molar-refractivity contribution in [1.29, 1.82) is 0 Å². The van der Waals surface area contributed by atoms with Crippen LogP contribution < -0.4 is 0 Å². The molecule has 0 spiro atoms. The van der Waals surface area contributed by atoms with Gasteiger partial charge in [-0.15, -0.1) is 0 Å². The number of carbonyl (C=O) groups excluding carboxylic acids is 2. The van der Waals surface area contributed by atoms with Gasteiger partial charge in [-0.3, -0.25) is 14.5 Å². The largest absolute Gasteiger partial charge is 0.286 e. The highest BCUT2D eigenvalue weighted by atomic mass is 16.2. The molecule has 0 aromatic carbocycles. The number of hydrogen-bond donors (Lipinski definition) is 0. The first-order chi connectivity index (χ1) is 7.48. The number of rotatable bonds is 5. The fourth-order valence-electron chi connectivity index (χ4n) is 2.32. The van der Waals surface area contributed by atoms with E-state index in [0.717, 1.165) is 12.8 Å². The molecule has 3 heteroatoms. The van der Waals surface area contributed by atoms with Gasteiger partial charge in [0.1, 0.15) is 0 Å². The van der Waals surface area contributed by atoms with Crippen LogP contribution in [0.25, 0.3) is 0 Å². The first kappa shape index (κ1) is 13.2. The van der Waals surface area contributed by atoms with E-state index in [0.29, 0.717) is 12.8 Å². The zero-order valence-corrected chi connectivity index (χ0v) is 10.7. The van der Waals surface area contributed by atoms with E-state index >= 15 is 0 Å². The molecular formula is C13H23NO2. The van der Waals surface area contributed by atoms with Gasteiger partial charge < -0.3 is 0 Å². The fourth-order valence-corrected chi connectivity index (χ4v) is 2.32. The lowest BCUT2D eigenvalue weighted by Crippen LogP contribution is -2.44. The van der Waals surface area contributed by atoms with Gasteiger partial charge in [0.25, 0.3) is 0 Å². The van der Waals surface area contributed by atoms with Crippen LogP contribution in [0.4, 0.5) is 0 Å². The highest BCUT2D eigenvalue weighted by molar-refractivity contribution is 5.98. The monoisotopic (exact) mass is 225 g/mol. The third-order valence-electron chi connectivity index (χ3n) is 3.54. The third-order valence-corrected chi connectivity index (χ3v) is 3.54. The Kier molecular flexibility index (Phi) is 4.51. The van der Waals surface area contributed by atoms with Crippen molar-refractivity contribution in [3.63, 3.8) is 0 Å². The second-order valence-electron chi connectivity index (χ2n) is 5.32. The summed E-state index contributed by atoms with van der Waals surface area (Å²) < 4.78 is 0. The number of imide groups is 1. The van der Waals surface area contributed by atoms with E-state index in [-0.39, 0.29) is 17.2 Å². The second kappa shape index (κ2) is 5.46. The van der Waals surface area contributed by atoms with E-state index in [1.165, 1.54) is 24.2 Å². The standard InChI is InChI=1S/C13H23NO2/c1-4-5-6-7-8-13(2)9-11(15)14(3)12(16)10-13/h4-10H2,1-3H3. The molecule has 0 aliphatic carbocycles. The topological polar surface area (TPSA) is 37.4 Å². The molecule has 1 saturated heterocycles. The third kappa shape index (κ3) is 3.32. The molecule has 0 radical (unpaired) electrons. The SMILES string of the molecule is CCCCCCC1(C)CC(=O)N(C)C(=O)C1. The van der Waals surface area contributed by atoms with Gasteiger partial charge in [-0.05, 0) is 11.8 Å². The number of piperidine rings is 1. The van der Waals surface area contributed by atoms with Crippen molar-refractivity contribution in [2.75, 3.05) is 7.05 Å². The Bertz CT molecular complexity index is 255. The van der Waals surface area contributed by atoms with Gasteiger partial charge in [0.05, 0.1) is 0 Å². The lowest BCUT2D eigenvalue weighted by atomic mass is 9.75. The Labute approximate surface area is 98.2 Å². The van der Waals surface area contributed by atoms with E-state index in [1.807, 2.05) is 0 Å². The van der Waals surface area contributed by atoms with E-state index in [9.17, 15) is 9.59 Å². The maximum absolute atomic E-state index is 11.6. The van der Waals surface area contributed by atoms with Crippen LogP contribution in [0, 0.1) is 5.41 Å². The minimum atomic E-state index is -0.0889. The van der Waals surface area contributed by atoms with Gasteiger partial charge in [0.15, 0.2) is 0 Å². The molecular weight excluding hydrogens is 202 g/mol. The minimum Gasteiger partial charge on any atom is -0.286 e. The number of amides is 2. The maximum atomic E-state index is 11.6. The summed E-state index contributed by atoms with van der Waals surface area (Å²) in [6.45, 7) is 4.26. The molecule has 0 bridgehead atoms. The van der Waals surface area contributed by atoms with Crippen LogP contribution in [0.2, 0.25) is 0 Å². The zero-order chi connectivity index (χ0) is 12.2. The Balaban J connectivity index is 2.45. The molecule has 1 heterocycles. The van der Waals surface area contributed by atoms with Gasteiger partial charge in [0.2, 0.25) is 11.8 Å². The van der Waals surface area contributed by atoms with Crippen LogP contribution in [0.1, 0.15) is 58.8 Å². The van der Waals surface area contributed by atoms with Crippen molar-refractivity contribution in [3.8, 4) is 0 Å². The summed E-state index contributed by atoms with van der Waals surface area (Å²) in [5.74, 6) is -0.0384. The minimum absolute atomic E-state index is 0.0192. The van der Waals surface area contributed by atoms with Crippen LogP contribution in [-0.4, -0.2) is 23.8 Å². The predicted octanol–water partition coefficient (Wildman–Crippen LogP) is 2.74. The highest BCUT2D eigenvalue weighted by Gasteiger charge is 2.38. The van der Waals surface area contributed by atoms with Gasteiger partial charge in [-0.2, -0.15) is 0 Å². The van der Waals surface area contributed by atoms with Crippen molar-refractivity contribution >= 4 is 11.8 Å². The average Bonchev–Trinajstić information content (AvgIpc) is 2.21. The van der Waals surface area contributed by atoms with Gasteiger partial charge in [-0.25, -0.2) is 0 Å². The molecule has 1 aliphatic rings. The zero-order valence-electron chi connectivity index (χ0n) is 10.7. The molecule has 0 saturated carbocycles. The van der Waals surface area contributed by atoms with Crippen LogP contribution in [-0.2, 0) is 9.59 Å². The van der Waals surface area contributed by atoms with Crippen molar-refractivity contribution < 1.29 is 9.59 Å². The molecule has 0 aromatic heterocycles. The highest BCUT2D eigenvalue weighted by Crippen LogP contribution is 2.36. The molecule has 0 unspecified atom stereocenters. The Hall–Kier alpha value is -0.860. The predicted molar refractivity (Wildman–Crippen MR) is 63.9 cm³/mol. The van der Waals surface area contributed by atoms with Crippen LogP contribution >= 0.6 is 0 Å². The van der Waals surface area contributed by atoms with Gasteiger partial charge in [0, 0.05) is 19.9 Å². The number of carbonyl (C=O) groups is 2. The molecule has 1 aliphatic heterocycles. The van der Waals surface area contributed by atoms with Crippen molar-refractivity contribution in [3.05, 3.63) is 0 Å². The Morgan fingerprint density at radius 2 is 1.69 bits per heavy atom. The summed E-state index contributed by atoms with van der Waals surface area (Å²) >= 11 is 0. The van der Waals surface area contributed by atoms with E-state index in [1.54, 1.807) is 7.05 Å². The summed E-state index contributed by atoms with van der Waals surface area (Å²) in [7, 11) is 1.58. The Morgan fingerprint density at radius 3 is 2.19 bits per heavy atom. The smallest absolute Gasteiger partial charge is 0.229 e. The quantitative estimate of drug-likeness (QED) is 0.533. The molecule has 1 rings (SSSR count). The first-order valence-electron chi connectivity index (χ1n) is 6.28. The van der Waals surface area contributed by atoms with Crippen molar-refractivity contribution in [2.24, 2.45) is 5.41 Å². The first-order valence-corrected chi connectivity index (χ1v) is 6.28. The van der Waals surface area contributed by atoms with E-state index in [2.05, 4.69) is 13.8 Å². The second-order valence-corrected chi connectivity index (χ2v) is 5.32. The van der Waals surface area contributed by atoms with Crippen LogP contribution in [0.15, 0.2) is 0 Å². The van der Waals surface area contributed by atoms with Crippen LogP contribution in [0.3, 0.4) is 0 Å². The normalized spacial score (nSPS) is 20.3. The summed E-state index contributed by atoms with van der Waals surface area (Å²) in [5.41, 5.74) is -0.0889. The molecule has 3 nitrogen and oxygen atoms in total. The number of nitrogens with zero attached hydrogens (tertiary/aromatic N) is 1. The number of unbranched alkanes of at least 4 members (excludes halogenated alkanes) is 3. The van der Waals surface area contributed by atoms with Gasteiger partial charge >= 0.3 is 0 Å². The summed E-state index contributed by atoms with van der Waals surface area (Å²) in [4.78, 5) is 24.5. The summed E-state index contributed by atoms with van der Waals surface area (Å²) in [6.07, 6.45) is 6.87. The maximum Gasteiger partial charge on any atom is 0.229 e. The summed E-state index contributed by atoms with van der Waals surface area (Å²) in [6, 6.07) is 0. The van der Waals surface area contributed by atoms with Crippen LogP contribution in [0.5, 0.6) is 0 Å². The summed E-state index contributed by atoms with van der Waals surface area (Å²) in [5, 5.41) is 0. The molecule has 16 heavy (non-hydrogen) atoms. The van der Waals surface area contributed by atoms with Crippen molar-refractivity contribution in [1.82, 2.24) is 4.90 Å². The fraction of sp³-hybridized carbons (Fsp3) is 0.846. The lowest BCUT2D eigenvalue weighted by molar-refractivity contribution is -0.151.